The lowest BCUT2D eigenvalue weighted by molar-refractivity contribution is 0.0705. The van der Waals surface area contributed by atoms with Gasteiger partial charge in [0.1, 0.15) is 12.4 Å². The van der Waals surface area contributed by atoms with E-state index in [0.717, 1.165) is 18.2 Å². The molecule has 3 aromatic rings. The molecular formula is C24H24ClN3O3. The number of para-hydroxylation sites is 1. The summed E-state index contributed by atoms with van der Waals surface area (Å²) < 4.78 is 5.92. The van der Waals surface area contributed by atoms with Crippen molar-refractivity contribution in [3.8, 4) is 5.75 Å². The molecule has 1 aliphatic heterocycles. The van der Waals surface area contributed by atoms with Crippen LogP contribution in [-0.2, 0) is 0 Å². The summed E-state index contributed by atoms with van der Waals surface area (Å²) >= 11 is 6.11. The van der Waals surface area contributed by atoms with Gasteiger partial charge in [0.15, 0.2) is 0 Å². The van der Waals surface area contributed by atoms with Gasteiger partial charge in [-0.2, -0.15) is 0 Å². The molecule has 0 fully saturated rings. The van der Waals surface area contributed by atoms with Crippen molar-refractivity contribution in [1.82, 2.24) is 14.8 Å². The molecule has 160 valence electrons. The van der Waals surface area contributed by atoms with Crippen LogP contribution in [0.5, 0.6) is 5.75 Å². The molecule has 2 amide bonds. The fourth-order valence-corrected chi connectivity index (χ4v) is 3.95. The highest BCUT2D eigenvalue weighted by molar-refractivity contribution is 6.31. The Morgan fingerprint density at radius 3 is 2.74 bits per heavy atom. The maximum Gasteiger partial charge on any atom is 0.257 e. The standard InChI is InChI=1S/C24H24ClN3O3/c1-27-12-2-3-13-28(14-15-31-21-10-9-18(25)16-20(21)23(27)29)24(30)19-8-4-6-17-7-5-11-26-22(17)19/h4-11,16H,2-3,12-15H2,1H3. The average molecular weight is 438 g/mol. The number of fused-ring (bicyclic) bond motifs is 2. The van der Waals surface area contributed by atoms with Crippen LogP contribution in [0, 0.1) is 0 Å². The van der Waals surface area contributed by atoms with Gasteiger partial charge in [-0.05, 0) is 43.2 Å². The molecule has 31 heavy (non-hydrogen) atoms. The Bertz CT molecular complexity index is 1110. The lowest BCUT2D eigenvalue weighted by Gasteiger charge is -2.26. The lowest BCUT2D eigenvalue weighted by Crippen LogP contribution is -2.37. The van der Waals surface area contributed by atoms with E-state index in [-0.39, 0.29) is 18.4 Å². The third-order valence-corrected chi connectivity index (χ3v) is 5.69. The first-order valence-corrected chi connectivity index (χ1v) is 10.7. The zero-order valence-electron chi connectivity index (χ0n) is 17.4. The van der Waals surface area contributed by atoms with E-state index in [4.69, 9.17) is 16.3 Å². The van der Waals surface area contributed by atoms with Gasteiger partial charge in [-0.1, -0.05) is 29.8 Å². The summed E-state index contributed by atoms with van der Waals surface area (Å²) in [6.07, 6.45) is 3.27. The first-order chi connectivity index (χ1) is 15.0. The molecule has 0 N–H and O–H groups in total. The van der Waals surface area contributed by atoms with Crippen LogP contribution in [0.3, 0.4) is 0 Å². The van der Waals surface area contributed by atoms with Gasteiger partial charge in [0.05, 0.1) is 23.2 Å². The summed E-state index contributed by atoms with van der Waals surface area (Å²) in [5.74, 6) is 0.291. The van der Waals surface area contributed by atoms with Gasteiger partial charge in [-0.25, -0.2) is 0 Å². The van der Waals surface area contributed by atoms with Gasteiger partial charge < -0.3 is 14.5 Å². The number of amides is 2. The Morgan fingerprint density at radius 1 is 1.06 bits per heavy atom. The minimum atomic E-state index is -0.118. The second-order valence-electron chi connectivity index (χ2n) is 7.60. The predicted octanol–water partition coefficient (Wildman–Crippen LogP) is 4.28. The van der Waals surface area contributed by atoms with E-state index in [0.29, 0.717) is 47.1 Å². The maximum atomic E-state index is 13.4. The zero-order chi connectivity index (χ0) is 21.8. The van der Waals surface area contributed by atoms with Crippen LogP contribution in [-0.4, -0.2) is 59.9 Å². The summed E-state index contributed by atoms with van der Waals surface area (Å²) in [5, 5.41) is 1.42. The molecule has 4 rings (SSSR count). The van der Waals surface area contributed by atoms with E-state index < -0.39 is 0 Å². The molecule has 0 bridgehead atoms. The van der Waals surface area contributed by atoms with Crippen molar-refractivity contribution in [1.29, 1.82) is 0 Å². The van der Waals surface area contributed by atoms with Gasteiger partial charge in [0.25, 0.3) is 11.8 Å². The van der Waals surface area contributed by atoms with Crippen molar-refractivity contribution in [2.45, 2.75) is 12.8 Å². The third kappa shape index (κ3) is 4.64. The van der Waals surface area contributed by atoms with E-state index in [1.54, 1.807) is 36.3 Å². The first-order valence-electron chi connectivity index (χ1n) is 10.4. The zero-order valence-corrected chi connectivity index (χ0v) is 18.1. The number of rotatable bonds is 1. The predicted molar refractivity (Wildman–Crippen MR) is 121 cm³/mol. The Labute approximate surface area is 186 Å². The fourth-order valence-electron chi connectivity index (χ4n) is 3.78. The largest absolute Gasteiger partial charge is 0.491 e. The molecule has 0 saturated heterocycles. The molecule has 0 spiro atoms. The molecule has 1 aromatic heterocycles. The van der Waals surface area contributed by atoms with Crippen LogP contribution >= 0.6 is 11.6 Å². The lowest BCUT2D eigenvalue weighted by atomic mass is 10.1. The molecule has 6 nitrogen and oxygen atoms in total. The number of aromatic nitrogens is 1. The van der Waals surface area contributed by atoms with Gasteiger partial charge in [-0.15, -0.1) is 0 Å². The van der Waals surface area contributed by atoms with Crippen LogP contribution < -0.4 is 4.74 Å². The van der Waals surface area contributed by atoms with E-state index in [9.17, 15) is 9.59 Å². The van der Waals surface area contributed by atoms with Gasteiger partial charge in [-0.3, -0.25) is 14.6 Å². The van der Waals surface area contributed by atoms with Crippen molar-refractivity contribution in [2.24, 2.45) is 0 Å². The van der Waals surface area contributed by atoms with Crippen molar-refractivity contribution in [3.63, 3.8) is 0 Å². The van der Waals surface area contributed by atoms with Crippen molar-refractivity contribution in [3.05, 3.63) is 70.9 Å². The summed E-state index contributed by atoms with van der Waals surface area (Å²) in [4.78, 5) is 34.1. The molecule has 2 aromatic carbocycles. The fraction of sp³-hybridized carbons (Fsp3) is 0.292. The van der Waals surface area contributed by atoms with Crippen LogP contribution in [0.1, 0.15) is 33.6 Å². The Kier molecular flexibility index (Phi) is 6.37. The SMILES string of the molecule is CN1CCCCN(C(=O)c2cccc3cccnc23)CCOc2ccc(Cl)cc2C1=O. The monoisotopic (exact) mass is 437 g/mol. The Hall–Kier alpha value is -3.12. The highest BCUT2D eigenvalue weighted by Gasteiger charge is 2.22. The number of carbonyl (C=O) groups excluding carboxylic acids is 2. The van der Waals surface area contributed by atoms with E-state index in [2.05, 4.69) is 4.98 Å². The number of ether oxygens (including phenoxy) is 1. The van der Waals surface area contributed by atoms with Crippen molar-refractivity contribution >= 4 is 34.3 Å². The summed E-state index contributed by atoms with van der Waals surface area (Å²) in [5.41, 5.74) is 1.73. The average Bonchev–Trinajstić information content (AvgIpc) is 2.79. The summed E-state index contributed by atoms with van der Waals surface area (Å²) in [7, 11) is 1.77. The van der Waals surface area contributed by atoms with Gasteiger partial charge in [0, 0.05) is 36.7 Å². The van der Waals surface area contributed by atoms with E-state index >= 15 is 0 Å². The third-order valence-electron chi connectivity index (χ3n) is 5.46. The summed E-state index contributed by atoms with van der Waals surface area (Å²) in [6.45, 7) is 1.85. The highest BCUT2D eigenvalue weighted by Crippen LogP contribution is 2.25. The molecule has 0 aliphatic carbocycles. The Morgan fingerprint density at radius 2 is 1.87 bits per heavy atom. The van der Waals surface area contributed by atoms with E-state index in [1.165, 1.54) is 0 Å². The molecule has 0 atom stereocenters. The van der Waals surface area contributed by atoms with Gasteiger partial charge in [0.2, 0.25) is 0 Å². The van der Waals surface area contributed by atoms with Gasteiger partial charge >= 0.3 is 0 Å². The number of benzene rings is 2. The second kappa shape index (κ2) is 9.35. The molecule has 0 unspecified atom stereocenters. The molecular weight excluding hydrogens is 414 g/mol. The molecule has 1 aliphatic rings. The smallest absolute Gasteiger partial charge is 0.257 e. The maximum absolute atomic E-state index is 13.4. The quantitative estimate of drug-likeness (QED) is 0.570. The van der Waals surface area contributed by atoms with E-state index in [1.807, 2.05) is 35.2 Å². The van der Waals surface area contributed by atoms with Crippen molar-refractivity contribution < 1.29 is 14.3 Å². The normalized spacial score (nSPS) is 15.6. The summed E-state index contributed by atoms with van der Waals surface area (Å²) in [6, 6.07) is 14.5. The minimum absolute atomic E-state index is 0.0641. The Balaban J connectivity index is 1.60. The number of hydrogen-bond acceptors (Lipinski definition) is 4. The number of halogens is 1. The molecule has 2 heterocycles. The van der Waals surface area contributed by atoms with Crippen LogP contribution in [0.4, 0.5) is 0 Å². The second-order valence-corrected chi connectivity index (χ2v) is 8.03. The molecule has 0 saturated carbocycles. The van der Waals surface area contributed by atoms with Crippen molar-refractivity contribution in [2.75, 3.05) is 33.3 Å². The number of carbonyl (C=O) groups is 2. The highest BCUT2D eigenvalue weighted by atomic mass is 35.5. The van der Waals surface area contributed by atoms with Crippen LogP contribution in [0.2, 0.25) is 5.02 Å². The number of hydrogen-bond donors (Lipinski definition) is 0. The molecule has 0 radical (unpaired) electrons. The van der Waals surface area contributed by atoms with Crippen LogP contribution in [0.15, 0.2) is 54.7 Å². The number of pyridine rings is 1. The number of nitrogens with zero attached hydrogens (tertiary/aromatic N) is 3. The first kappa shape index (κ1) is 21.1. The topological polar surface area (TPSA) is 62.7 Å². The molecule has 7 heteroatoms. The minimum Gasteiger partial charge on any atom is -0.491 e. The van der Waals surface area contributed by atoms with Crippen LogP contribution in [0.25, 0.3) is 10.9 Å².